The highest BCUT2D eigenvalue weighted by molar-refractivity contribution is 6.05. The van der Waals surface area contributed by atoms with Crippen LogP contribution < -0.4 is 10.6 Å². The molecule has 0 aliphatic heterocycles. The summed E-state index contributed by atoms with van der Waals surface area (Å²) in [6.07, 6.45) is 3.33. The van der Waals surface area contributed by atoms with Gasteiger partial charge in [0, 0.05) is 36.1 Å². The van der Waals surface area contributed by atoms with Crippen molar-refractivity contribution in [1.82, 2.24) is 15.5 Å². The molecule has 0 spiro atoms. The minimum atomic E-state index is -0.364. The van der Waals surface area contributed by atoms with E-state index >= 15 is 0 Å². The summed E-state index contributed by atoms with van der Waals surface area (Å²) in [6.45, 7) is 2.12. The van der Waals surface area contributed by atoms with Gasteiger partial charge in [0.25, 0.3) is 11.8 Å². The fourth-order valence-corrected chi connectivity index (χ4v) is 2.20. The van der Waals surface area contributed by atoms with Crippen LogP contribution in [0.15, 0.2) is 59.4 Å². The van der Waals surface area contributed by atoms with Crippen LogP contribution in [0.4, 0.5) is 5.82 Å². The second-order valence-corrected chi connectivity index (χ2v) is 5.40. The Balaban J connectivity index is 1.66. The van der Waals surface area contributed by atoms with Crippen LogP contribution in [0.1, 0.15) is 32.0 Å². The Bertz CT molecular complexity index is 890. The van der Waals surface area contributed by atoms with Gasteiger partial charge in [-0.05, 0) is 42.8 Å². The Morgan fingerprint density at radius 2 is 1.76 bits per heavy atom. The molecule has 2 N–H and O–H groups in total. The van der Waals surface area contributed by atoms with E-state index in [1.807, 2.05) is 12.1 Å². The average molecular weight is 336 g/mol. The second-order valence-electron chi connectivity index (χ2n) is 5.40. The molecule has 0 atom stereocenters. The summed E-state index contributed by atoms with van der Waals surface area (Å²) in [5, 5.41) is 9.14. The number of carbonyl (C=O) groups excluding carboxylic acids is 2. The number of pyridine rings is 1. The Kier molecular flexibility index (Phi) is 4.84. The minimum absolute atomic E-state index is 0.260. The molecule has 25 heavy (non-hydrogen) atoms. The van der Waals surface area contributed by atoms with E-state index in [-0.39, 0.29) is 11.8 Å². The van der Waals surface area contributed by atoms with Crippen molar-refractivity contribution in [3.05, 3.63) is 77.3 Å². The molecule has 2 aromatic heterocycles. The van der Waals surface area contributed by atoms with E-state index in [0.717, 1.165) is 5.56 Å². The molecule has 2 heterocycles. The van der Waals surface area contributed by atoms with Crippen LogP contribution in [0.25, 0.3) is 0 Å². The molecule has 0 bridgehead atoms. The predicted molar refractivity (Wildman–Crippen MR) is 91.0 cm³/mol. The third-order valence-corrected chi connectivity index (χ3v) is 3.46. The first-order chi connectivity index (χ1) is 12.1. The summed E-state index contributed by atoms with van der Waals surface area (Å²) in [5.41, 5.74) is 1.70. The largest absolute Gasteiger partial charge is 0.360 e. The normalized spacial score (nSPS) is 10.3. The number of carbonyl (C=O) groups is 2. The van der Waals surface area contributed by atoms with E-state index in [0.29, 0.717) is 29.2 Å². The summed E-state index contributed by atoms with van der Waals surface area (Å²) < 4.78 is 4.90. The van der Waals surface area contributed by atoms with Crippen molar-refractivity contribution in [3.8, 4) is 0 Å². The van der Waals surface area contributed by atoms with Crippen LogP contribution in [0.3, 0.4) is 0 Å². The first-order valence-corrected chi connectivity index (χ1v) is 7.63. The molecular weight excluding hydrogens is 320 g/mol. The number of amides is 2. The number of benzene rings is 1. The summed E-state index contributed by atoms with van der Waals surface area (Å²) in [5.74, 6) is 0.301. The molecule has 126 valence electrons. The number of rotatable bonds is 5. The van der Waals surface area contributed by atoms with Crippen LogP contribution in [0.5, 0.6) is 0 Å². The second kappa shape index (κ2) is 7.39. The quantitative estimate of drug-likeness (QED) is 0.746. The molecular formula is C18H16N4O3. The van der Waals surface area contributed by atoms with Gasteiger partial charge in [-0.1, -0.05) is 11.2 Å². The van der Waals surface area contributed by atoms with Crippen LogP contribution in [-0.4, -0.2) is 22.0 Å². The first kappa shape index (κ1) is 16.4. The number of anilines is 1. The molecule has 0 fully saturated rings. The van der Waals surface area contributed by atoms with Crippen LogP contribution in [-0.2, 0) is 6.54 Å². The van der Waals surface area contributed by atoms with Gasteiger partial charge in [0.2, 0.25) is 0 Å². The number of nitrogens with one attached hydrogen (secondary N) is 2. The Labute approximate surface area is 144 Å². The van der Waals surface area contributed by atoms with E-state index < -0.39 is 0 Å². The van der Waals surface area contributed by atoms with Gasteiger partial charge in [-0.2, -0.15) is 0 Å². The number of nitrogens with zero attached hydrogens (tertiary/aromatic N) is 2. The zero-order valence-electron chi connectivity index (χ0n) is 13.5. The summed E-state index contributed by atoms with van der Waals surface area (Å²) in [4.78, 5) is 28.4. The van der Waals surface area contributed by atoms with E-state index in [2.05, 4.69) is 20.8 Å². The smallest absolute Gasteiger partial charge is 0.256 e. The lowest BCUT2D eigenvalue weighted by Crippen LogP contribution is -2.23. The van der Waals surface area contributed by atoms with Gasteiger partial charge in [0.1, 0.15) is 5.76 Å². The molecule has 7 heteroatoms. The zero-order valence-corrected chi connectivity index (χ0v) is 13.5. The molecule has 7 nitrogen and oxygen atoms in total. The van der Waals surface area contributed by atoms with Gasteiger partial charge < -0.3 is 15.2 Å². The van der Waals surface area contributed by atoms with Gasteiger partial charge in [0.15, 0.2) is 5.82 Å². The Morgan fingerprint density at radius 3 is 2.44 bits per heavy atom. The van der Waals surface area contributed by atoms with Crippen molar-refractivity contribution >= 4 is 17.6 Å². The third-order valence-electron chi connectivity index (χ3n) is 3.46. The van der Waals surface area contributed by atoms with Crippen molar-refractivity contribution < 1.29 is 14.1 Å². The topological polar surface area (TPSA) is 97.1 Å². The van der Waals surface area contributed by atoms with Crippen molar-refractivity contribution in [2.24, 2.45) is 0 Å². The van der Waals surface area contributed by atoms with Gasteiger partial charge in [-0.25, -0.2) is 0 Å². The van der Waals surface area contributed by atoms with Crippen LogP contribution in [0.2, 0.25) is 0 Å². The van der Waals surface area contributed by atoms with Crippen LogP contribution >= 0.6 is 0 Å². The predicted octanol–water partition coefficient (Wildman–Crippen LogP) is 2.56. The monoisotopic (exact) mass is 336 g/mol. The van der Waals surface area contributed by atoms with Crippen molar-refractivity contribution in [2.75, 3.05) is 5.32 Å². The molecule has 3 aromatic rings. The number of aryl methyl sites for hydroxylation is 1. The van der Waals surface area contributed by atoms with Gasteiger partial charge >= 0.3 is 0 Å². The summed E-state index contributed by atoms with van der Waals surface area (Å²) >= 11 is 0. The van der Waals surface area contributed by atoms with E-state index in [1.165, 1.54) is 6.07 Å². The Hall–Kier alpha value is -3.48. The standard InChI is InChI=1S/C18H16N4O3/c1-12-9-16(22-25-12)21-18(24)15-4-2-3-14(10-15)17(23)20-11-13-5-7-19-8-6-13/h2-10H,11H2,1H3,(H,20,23)(H,21,22,24). The maximum Gasteiger partial charge on any atom is 0.256 e. The average Bonchev–Trinajstić information content (AvgIpc) is 3.05. The molecule has 0 unspecified atom stereocenters. The fourth-order valence-electron chi connectivity index (χ4n) is 2.20. The first-order valence-electron chi connectivity index (χ1n) is 7.63. The minimum Gasteiger partial charge on any atom is -0.360 e. The Morgan fingerprint density at radius 1 is 1.04 bits per heavy atom. The molecule has 2 amide bonds. The SMILES string of the molecule is Cc1cc(NC(=O)c2cccc(C(=O)NCc3ccncc3)c2)no1. The molecule has 3 rings (SSSR count). The highest BCUT2D eigenvalue weighted by Crippen LogP contribution is 2.11. The summed E-state index contributed by atoms with van der Waals surface area (Å²) in [7, 11) is 0. The maximum atomic E-state index is 12.3. The number of hydrogen-bond acceptors (Lipinski definition) is 5. The lowest BCUT2D eigenvalue weighted by Gasteiger charge is -2.07. The van der Waals surface area contributed by atoms with Gasteiger partial charge in [-0.15, -0.1) is 0 Å². The van der Waals surface area contributed by atoms with Gasteiger partial charge in [0.05, 0.1) is 0 Å². The molecule has 0 radical (unpaired) electrons. The van der Waals surface area contributed by atoms with E-state index in [9.17, 15) is 9.59 Å². The molecule has 0 aliphatic rings. The molecule has 0 aliphatic carbocycles. The zero-order chi connectivity index (χ0) is 17.6. The fraction of sp³-hybridized carbons (Fsp3) is 0.111. The molecule has 0 saturated carbocycles. The highest BCUT2D eigenvalue weighted by atomic mass is 16.5. The van der Waals surface area contributed by atoms with Crippen molar-refractivity contribution in [2.45, 2.75) is 13.5 Å². The third kappa shape index (κ3) is 4.29. The van der Waals surface area contributed by atoms with Crippen LogP contribution in [0, 0.1) is 6.92 Å². The van der Waals surface area contributed by atoms with E-state index in [1.54, 1.807) is 43.6 Å². The number of aromatic nitrogens is 2. The summed E-state index contributed by atoms with van der Waals surface area (Å²) in [6, 6.07) is 11.7. The van der Waals surface area contributed by atoms with Crippen molar-refractivity contribution in [3.63, 3.8) is 0 Å². The highest BCUT2D eigenvalue weighted by Gasteiger charge is 2.12. The van der Waals surface area contributed by atoms with E-state index in [4.69, 9.17) is 4.52 Å². The number of hydrogen-bond donors (Lipinski definition) is 2. The van der Waals surface area contributed by atoms with Crippen molar-refractivity contribution in [1.29, 1.82) is 0 Å². The molecule has 1 aromatic carbocycles. The van der Waals surface area contributed by atoms with Gasteiger partial charge in [-0.3, -0.25) is 14.6 Å². The molecule has 0 saturated heterocycles. The lowest BCUT2D eigenvalue weighted by molar-refractivity contribution is 0.0951. The lowest BCUT2D eigenvalue weighted by atomic mass is 10.1. The maximum absolute atomic E-state index is 12.3.